The highest BCUT2D eigenvalue weighted by molar-refractivity contribution is 9.10. The molecule has 2 unspecified atom stereocenters. The maximum atomic E-state index is 12.2. The van der Waals surface area contributed by atoms with Crippen LogP contribution in [0.2, 0.25) is 5.02 Å². The first-order chi connectivity index (χ1) is 8.76. The van der Waals surface area contributed by atoms with Crippen LogP contribution in [0.3, 0.4) is 0 Å². The molecule has 0 saturated carbocycles. The molecule has 0 radical (unpaired) electrons. The lowest BCUT2D eigenvalue weighted by molar-refractivity contribution is 0.445. The van der Waals surface area contributed by atoms with E-state index < -0.39 is 10.0 Å². The van der Waals surface area contributed by atoms with Crippen molar-refractivity contribution in [1.82, 2.24) is 4.72 Å². The number of hydrogen-bond donors (Lipinski definition) is 1. The van der Waals surface area contributed by atoms with E-state index in [9.17, 15) is 8.42 Å². The zero-order valence-corrected chi connectivity index (χ0v) is 14.4. The van der Waals surface area contributed by atoms with Gasteiger partial charge in [-0.25, -0.2) is 13.1 Å². The van der Waals surface area contributed by atoms with Gasteiger partial charge >= 0.3 is 0 Å². The van der Waals surface area contributed by atoms with Gasteiger partial charge in [-0.3, -0.25) is 0 Å². The predicted molar refractivity (Wildman–Crippen MR) is 83.0 cm³/mol. The lowest BCUT2D eigenvalue weighted by Gasteiger charge is -2.18. The van der Waals surface area contributed by atoms with Crippen molar-refractivity contribution in [2.75, 3.05) is 0 Å². The van der Waals surface area contributed by atoms with Gasteiger partial charge in [0.25, 0.3) is 0 Å². The van der Waals surface area contributed by atoms with Gasteiger partial charge in [-0.15, -0.1) is 0 Å². The summed E-state index contributed by atoms with van der Waals surface area (Å²) in [5.74, 6) is 0.484. The number of benzene rings is 1. The highest BCUT2D eigenvalue weighted by atomic mass is 79.9. The molecule has 0 aromatic heterocycles. The van der Waals surface area contributed by atoms with Crippen molar-refractivity contribution in [3.05, 3.63) is 27.7 Å². The van der Waals surface area contributed by atoms with Gasteiger partial charge in [-0.2, -0.15) is 0 Å². The Morgan fingerprint density at radius 1 is 1.37 bits per heavy atom. The molecule has 6 heteroatoms. The van der Waals surface area contributed by atoms with Crippen LogP contribution in [0, 0.1) is 5.92 Å². The fourth-order valence-electron chi connectivity index (χ4n) is 1.84. The molecule has 0 aliphatic rings. The molecule has 0 amide bonds. The second-order valence-corrected chi connectivity index (χ2v) is 7.85. The maximum Gasteiger partial charge on any atom is 0.242 e. The summed E-state index contributed by atoms with van der Waals surface area (Å²) in [5, 5.41) is 0.220. The van der Waals surface area contributed by atoms with E-state index in [0.29, 0.717) is 5.92 Å². The second-order valence-electron chi connectivity index (χ2n) is 4.85. The van der Waals surface area contributed by atoms with Gasteiger partial charge < -0.3 is 0 Å². The van der Waals surface area contributed by atoms with E-state index in [4.69, 9.17) is 11.6 Å². The molecule has 1 N–H and O–H groups in total. The van der Waals surface area contributed by atoms with Crippen molar-refractivity contribution in [1.29, 1.82) is 0 Å². The molecule has 0 spiro atoms. The molecule has 108 valence electrons. The van der Waals surface area contributed by atoms with Gasteiger partial charge in [0.05, 0.1) is 5.02 Å². The van der Waals surface area contributed by atoms with Crippen molar-refractivity contribution in [2.45, 2.75) is 44.6 Å². The summed E-state index contributed by atoms with van der Waals surface area (Å²) in [6.07, 6.45) is 1.84. The van der Waals surface area contributed by atoms with E-state index in [0.717, 1.165) is 17.3 Å². The number of rotatable bonds is 6. The lowest BCUT2D eigenvalue weighted by Crippen LogP contribution is -2.33. The van der Waals surface area contributed by atoms with Gasteiger partial charge in [-0.1, -0.05) is 47.8 Å². The molecule has 0 saturated heterocycles. The first-order valence-corrected chi connectivity index (χ1v) is 8.89. The zero-order chi connectivity index (χ0) is 14.6. The minimum Gasteiger partial charge on any atom is -0.208 e. The largest absolute Gasteiger partial charge is 0.242 e. The lowest BCUT2D eigenvalue weighted by atomic mass is 10.0. The SMILES string of the molecule is CCC(C)CC(C)NS(=O)(=O)c1ccc(Br)cc1Cl. The Morgan fingerprint density at radius 2 is 2.00 bits per heavy atom. The van der Waals surface area contributed by atoms with Crippen LogP contribution >= 0.6 is 27.5 Å². The van der Waals surface area contributed by atoms with E-state index in [-0.39, 0.29) is 16.0 Å². The number of halogens is 2. The van der Waals surface area contributed by atoms with Crippen LogP contribution < -0.4 is 4.72 Å². The highest BCUT2D eigenvalue weighted by Crippen LogP contribution is 2.25. The summed E-state index contributed by atoms with van der Waals surface area (Å²) >= 11 is 9.24. The predicted octanol–water partition coefficient (Wildman–Crippen LogP) is 4.21. The Labute approximate surface area is 128 Å². The van der Waals surface area contributed by atoms with Gasteiger partial charge in [0, 0.05) is 10.5 Å². The average Bonchev–Trinajstić information content (AvgIpc) is 2.26. The molecule has 1 aromatic carbocycles. The van der Waals surface area contributed by atoms with Crippen LogP contribution in [-0.4, -0.2) is 14.5 Å². The van der Waals surface area contributed by atoms with Crippen LogP contribution in [-0.2, 0) is 10.0 Å². The number of sulfonamides is 1. The number of nitrogens with one attached hydrogen (secondary N) is 1. The molecular formula is C13H19BrClNO2S. The first kappa shape index (κ1) is 17.0. The number of hydrogen-bond acceptors (Lipinski definition) is 2. The molecule has 2 atom stereocenters. The minimum atomic E-state index is -3.56. The zero-order valence-electron chi connectivity index (χ0n) is 11.3. The Hall–Kier alpha value is -0.100. The maximum absolute atomic E-state index is 12.2. The molecule has 3 nitrogen and oxygen atoms in total. The fourth-order valence-corrected chi connectivity index (χ4v) is 4.13. The normalized spacial score (nSPS) is 15.2. The molecule has 0 aliphatic heterocycles. The van der Waals surface area contributed by atoms with Crippen molar-refractivity contribution in [3.63, 3.8) is 0 Å². The standard InChI is InChI=1S/C13H19BrClNO2S/c1-4-9(2)7-10(3)16-19(17,18)13-6-5-11(14)8-12(13)15/h5-6,8-10,16H,4,7H2,1-3H3. The second kappa shape index (κ2) is 7.07. The molecule has 1 aromatic rings. The quantitative estimate of drug-likeness (QED) is 0.817. The van der Waals surface area contributed by atoms with Gasteiger partial charge in [-0.05, 0) is 37.5 Å². The third-order valence-corrected chi connectivity index (χ3v) is 5.56. The van der Waals surface area contributed by atoms with Crippen LogP contribution in [0.5, 0.6) is 0 Å². The van der Waals surface area contributed by atoms with Crippen LogP contribution in [0.4, 0.5) is 0 Å². The monoisotopic (exact) mass is 367 g/mol. The summed E-state index contributed by atoms with van der Waals surface area (Å²) in [5.41, 5.74) is 0. The van der Waals surface area contributed by atoms with Crippen molar-refractivity contribution < 1.29 is 8.42 Å². The highest BCUT2D eigenvalue weighted by Gasteiger charge is 2.21. The molecule has 1 rings (SSSR count). The smallest absolute Gasteiger partial charge is 0.208 e. The van der Waals surface area contributed by atoms with Crippen LogP contribution in [0.1, 0.15) is 33.6 Å². The van der Waals surface area contributed by atoms with E-state index in [2.05, 4.69) is 34.5 Å². The van der Waals surface area contributed by atoms with Crippen molar-refractivity contribution in [2.24, 2.45) is 5.92 Å². The Balaban J connectivity index is 2.86. The van der Waals surface area contributed by atoms with E-state index in [1.807, 2.05) is 6.92 Å². The van der Waals surface area contributed by atoms with Crippen molar-refractivity contribution in [3.8, 4) is 0 Å². The van der Waals surface area contributed by atoms with E-state index in [1.165, 1.54) is 6.07 Å². The van der Waals surface area contributed by atoms with Gasteiger partial charge in [0.2, 0.25) is 10.0 Å². The van der Waals surface area contributed by atoms with Gasteiger partial charge in [0.1, 0.15) is 4.90 Å². The van der Waals surface area contributed by atoms with Crippen molar-refractivity contribution >= 4 is 37.6 Å². The summed E-state index contributed by atoms with van der Waals surface area (Å²) in [6.45, 7) is 6.07. The topological polar surface area (TPSA) is 46.2 Å². The summed E-state index contributed by atoms with van der Waals surface area (Å²) < 4.78 is 27.9. The Kier molecular flexibility index (Phi) is 6.30. The third kappa shape index (κ3) is 5.06. The fraction of sp³-hybridized carbons (Fsp3) is 0.538. The molecule has 0 fully saturated rings. The average molecular weight is 369 g/mol. The molecule has 19 heavy (non-hydrogen) atoms. The molecular weight excluding hydrogens is 350 g/mol. The third-order valence-electron chi connectivity index (χ3n) is 2.99. The summed E-state index contributed by atoms with van der Waals surface area (Å²) in [4.78, 5) is 0.119. The Bertz CT molecular complexity index is 533. The first-order valence-electron chi connectivity index (χ1n) is 6.23. The molecule has 0 aliphatic carbocycles. The van der Waals surface area contributed by atoms with Crippen LogP contribution in [0.25, 0.3) is 0 Å². The summed E-state index contributed by atoms with van der Waals surface area (Å²) in [7, 11) is -3.56. The Morgan fingerprint density at radius 3 is 2.53 bits per heavy atom. The molecule has 0 heterocycles. The van der Waals surface area contributed by atoms with E-state index >= 15 is 0 Å². The molecule has 0 bridgehead atoms. The van der Waals surface area contributed by atoms with Gasteiger partial charge in [0.15, 0.2) is 0 Å². The summed E-state index contributed by atoms with van der Waals surface area (Å²) in [6, 6.07) is 4.64. The minimum absolute atomic E-state index is 0.111. The van der Waals surface area contributed by atoms with E-state index in [1.54, 1.807) is 12.1 Å². The van der Waals surface area contributed by atoms with Crippen LogP contribution in [0.15, 0.2) is 27.6 Å².